The Bertz CT molecular complexity index is 288. The highest BCUT2D eigenvalue weighted by Crippen LogP contribution is 2.14. The molecule has 1 aromatic carbocycles. The van der Waals surface area contributed by atoms with Crippen LogP contribution in [0.1, 0.15) is 5.56 Å². The van der Waals surface area contributed by atoms with E-state index in [9.17, 15) is 5.11 Å². The van der Waals surface area contributed by atoms with Crippen molar-refractivity contribution in [2.45, 2.75) is 6.54 Å². The van der Waals surface area contributed by atoms with Gasteiger partial charge in [-0.2, -0.15) is 0 Å². The molecule has 0 aliphatic heterocycles. The fourth-order valence-electron chi connectivity index (χ4n) is 0.930. The molecular formula is C10H11NO. The number of hydrogen-bond donors (Lipinski definition) is 2. The normalized spacial score (nSPS) is 9.25. The highest BCUT2D eigenvalue weighted by atomic mass is 16.3. The summed E-state index contributed by atoms with van der Waals surface area (Å²) in [6.45, 7) is 1.13. The smallest absolute Gasteiger partial charge is 0.120 e. The maximum Gasteiger partial charge on any atom is 0.120 e. The van der Waals surface area contributed by atoms with Crippen LogP contribution in [0.4, 0.5) is 0 Å². The lowest BCUT2D eigenvalue weighted by Gasteiger charge is -2.02. The molecule has 0 heterocycles. The number of para-hydroxylation sites is 1. The SMILES string of the molecule is C#CCNCc1ccccc1O. The summed E-state index contributed by atoms with van der Waals surface area (Å²) in [7, 11) is 0. The van der Waals surface area contributed by atoms with E-state index < -0.39 is 0 Å². The Hall–Kier alpha value is -1.46. The van der Waals surface area contributed by atoms with Gasteiger partial charge in [-0.15, -0.1) is 6.42 Å². The second-order valence-electron chi connectivity index (χ2n) is 2.44. The number of phenolic OH excluding ortho intramolecular Hbond substituents is 1. The Kier molecular flexibility index (Phi) is 3.18. The van der Waals surface area contributed by atoms with Gasteiger partial charge in [-0.1, -0.05) is 24.1 Å². The molecule has 0 atom stereocenters. The lowest BCUT2D eigenvalue weighted by Crippen LogP contribution is -2.12. The first-order valence-corrected chi connectivity index (χ1v) is 3.75. The van der Waals surface area contributed by atoms with E-state index in [2.05, 4.69) is 11.2 Å². The third kappa shape index (κ3) is 2.30. The number of terminal acetylenes is 1. The minimum atomic E-state index is 0.307. The zero-order chi connectivity index (χ0) is 8.81. The second kappa shape index (κ2) is 4.42. The molecule has 0 aliphatic rings. The summed E-state index contributed by atoms with van der Waals surface area (Å²) in [4.78, 5) is 0. The number of hydrogen-bond acceptors (Lipinski definition) is 2. The molecule has 0 saturated heterocycles. The average Bonchev–Trinajstić information content (AvgIpc) is 2.09. The van der Waals surface area contributed by atoms with Crippen molar-refractivity contribution in [2.24, 2.45) is 0 Å². The number of aromatic hydroxyl groups is 1. The van der Waals surface area contributed by atoms with Crippen molar-refractivity contribution in [2.75, 3.05) is 6.54 Å². The van der Waals surface area contributed by atoms with E-state index in [-0.39, 0.29) is 0 Å². The molecule has 0 unspecified atom stereocenters. The van der Waals surface area contributed by atoms with Crippen LogP contribution < -0.4 is 5.32 Å². The van der Waals surface area contributed by atoms with Gasteiger partial charge >= 0.3 is 0 Å². The Balaban J connectivity index is 2.53. The van der Waals surface area contributed by atoms with Crippen molar-refractivity contribution in [1.82, 2.24) is 5.32 Å². The molecule has 0 aromatic heterocycles. The van der Waals surface area contributed by atoms with E-state index in [1.54, 1.807) is 12.1 Å². The fraction of sp³-hybridized carbons (Fsp3) is 0.200. The van der Waals surface area contributed by atoms with Crippen LogP contribution in [0.5, 0.6) is 5.75 Å². The summed E-state index contributed by atoms with van der Waals surface area (Å²) in [5.41, 5.74) is 0.868. The standard InChI is InChI=1S/C10H11NO/c1-2-7-11-8-9-5-3-4-6-10(9)12/h1,3-6,11-12H,7-8H2. The molecule has 0 saturated carbocycles. The molecule has 2 heteroatoms. The average molecular weight is 161 g/mol. The van der Waals surface area contributed by atoms with Crippen molar-refractivity contribution in [3.05, 3.63) is 29.8 Å². The fourth-order valence-corrected chi connectivity index (χ4v) is 0.930. The van der Waals surface area contributed by atoms with Gasteiger partial charge in [0, 0.05) is 12.1 Å². The van der Waals surface area contributed by atoms with Crippen LogP contribution in [0.15, 0.2) is 24.3 Å². The Morgan fingerprint density at radius 3 is 2.83 bits per heavy atom. The van der Waals surface area contributed by atoms with Gasteiger partial charge in [0.15, 0.2) is 0 Å². The minimum absolute atomic E-state index is 0.307. The van der Waals surface area contributed by atoms with Crippen LogP contribution in [-0.4, -0.2) is 11.7 Å². The first-order valence-electron chi connectivity index (χ1n) is 3.75. The van der Waals surface area contributed by atoms with Gasteiger partial charge in [0.2, 0.25) is 0 Å². The molecule has 0 fully saturated rings. The molecule has 0 amide bonds. The molecule has 0 bridgehead atoms. The summed E-state index contributed by atoms with van der Waals surface area (Å²) in [5, 5.41) is 12.3. The summed E-state index contributed by atoms with van der Waals surface area (Å²) in [6.07, 6.45) is 5.06. The van der Waals surface area contributed by atoms with Crippen molar-refractivity contribution in [3.63, 3.8) is 0 Å². The predicted molar refractivity (Wildman–Crippen MR) is 48.6 cm³/mol. The third-order valence-electron chi connectivity index (χ3n) is 1.53. The van der Waals surface area contributed by atoms with Gasteiger partial charge in [-0.25, -0.2) is 0 Å². The quantitative estimate of drug-likeness (QED) is 0.514. The van der Waals surface area contributed by atoms with Crippen LogP contribution in [0, 0.1) is 12.3 Å². The summed E-state index contributed by atoms with van der Waals surface area (Å²) >= 11 is 0. The number of rotatable bonds is 3. The van der Waals surface area contributed by atoms with Crippen molar-refractivity contribution < 1.29 is 5.11 Å². The predicted octanol–water partition coefficient (Wildman–Crippen LogP) is 1.11. The highest BCUT2D eigenvalue weighted by molar-refractivity contribution is 5.31. The van der Waals surface area contributed by atoms with Crippen LogP contribution in [0.3, 0.4) is 0 Å². The number of nitrogens with one attached hydrogen (secondary N) is 1. The number of benzene rings is 1. The highest BCUT2D eigenvalue weighted by Gasteiger charge is 1.96. The monoisotopic (exact) mass is 161 g/mol. The lowest BCUT2D eigenvalue weighted by molar-refractivity contribution is 0.465. The molecule has 0 radical (unpaired) electrons. The van der Waals surface area contributed by atoms with E-state index in [4.69, 9.17) is 6.42 Å². The summed E-state index contributed by atoms with van der Waals surface area (Å²) in [5.74, 6) is 2.77. The van der Waals surface area contributed by atoms with Crippen LogP contribution >= 0.6 is 0 Å². The molecular weight excluding hydrogens is 150 g/mol. The van der Waals surface area contributed by atoms with E-state index in [0.29, 0.717) is 18.8 Å². The maximum atomic E-state index is 9.32. The molecule has 2 N–H and O–H groups in total. The van der Waals surface area contributed by atoms with Gasteiger partial charge in [-0.05, 0) is 6.07 Å². The lowest BCUT2D eigenvalue weighted by atomic mass is 10.2. The number of phenols is 1. The van der Waals surface area contributed by atoms with E-state index in [1.807, 2.05) is 12.1 Å². The Morgan fingerprint density at radius 2 is 2.17 bits per heavy atom. The van der Waals surface area contributed by atoms with Gasteiger partial charge in [0.05, 0.1) is 6.54 Å². The van der Waals surface area contributed by atoms with Crippen molar-refractivity contribution >= 4 is 0 Å². The van der Waals surface area contributed by atoms with E-state index in [1.165, 1.54) is 0 Å². The molecule has 1 rings (SSSR count). The van der Waals surface area contributed by atoms with Gasteiger partial charge in [0.25, 0.3) is 0 Å². The molecule has 0 spiro atoms. The zero-order valence-corrected chi connectivity index (χ0v) is 6.75. The molecule has 2 nitrogen and oxygen atoms in total. The van der Waals surface area contributed by atoms with E-state index in [0.717, 1.165) is 5.56 Å². The summed E-state index contributed by atoms with van der Waals surface area (Å²) in [6, 6.07) is 7.19. The molecule has 62 valence electrons. The van der Waals surface area contributed by atoms with Crippen molar-refractivity contribution in [1.29, 1.82) is 0 Å². The van der Waals surface area contributed by atoms with Crippen LogP contribution in [0.2, 0.25) is 0 Å². The topological polar surface area (TPSA) is 32.3 Å². The maximum absolute atomic E-state index is 9.32. The zero-order valence-electron chi connectivity index (χ0n) is 6.75. The molecule has 12 heavy (non-hydrogen) atoms. The first-order chi connectivity index (χ1) is 5.84. The van der Waals surface area contributed by atoms with Gasteiger partial charge in [-0.3, -0.25) is 0 Å². The van der Waals surface area contributed by atoms with Crippen LogP contribution in [-0.2, 0) is 6.54 Å². The summed E-state index contributed by atoms with van der Waals surface area (Å²) < 4.78 is 0. The van der Waals surface area contributed by atoms with E-state index >= 15 is 0 Å². The van der Waals surface area contributed by atoms with Crippen molar-refractivity contribution in [3.8, 4) is 18.1 Å². The Labute approximate surface area is 72.2 Å². The Morgan fingerprint density at radius 1 is 1.42 bits per heavy atom. The van der Waals surface area contributed by atoms with Gasteiger partial charge in [0.1, 0.15) is 5.75 Å². The minimum Gasteiger partial charge on any atom is -0.508 e. The first kappa shape index (κ1) is 8.63. The third-order valence-corrected chi connectivity index (χ3v) is 1.53. The van der Waals surface area contributed by atoms with Gasteiger partial charge < -0.3 is 10.4 Å². The molecule has 0 aliphatic carbocycles. The molecule has 1 aromatic rings. The second-order valence-corrected chi connectivity index (χ2v) is 2.44. The van der Waals surface area contributed by atoms with Crippen LogP contribution in [0.25, 0.3) is 0 Å². The largest absolute Gasteiger partial charge is 0.508 e.